The maximum atomic E-state index is 5.43. The van der Waals surface area contributed by atoms with Gasteiger partial charge >= 0.3 is 0 Å². The molecular weight excluding hydrogens is 184 g/mol. The highest BCUT2D eigenvalue weighted by molar-refractivity contribution is 7.21. The Bertz CT molecular complexity index is 327. The zero-order valence-electron chi connectivity index (χ0n) is 5.39. The minimum atomic E-state index is 0. The van der Waals surface area contributed by atoms with Crippen molar-refractivity contribution in [2.45, 2.75) is 0 Å². The molecule has 58 valence electrons. The molecule has 0 bridgehead atoms. The molecule has 6 heteroatoms. The molecule has 0 aromatic carbocycles. The molecule has 2 aromatic heterocycles. The van der Waals surface area contributed by atoms with Gasteiger partial charge in [-0.2, -0.15) is 0 Å². The lowest BCUT2D eigenvalue weighted by atomic mass is 10.6. The highest BCUT2D eigenvalue weighted by Gasteiger charge is 1.98. The molecule has 0 aliphatic carbocycles. The van der Waals surface area contributed by atoms with E-state index in [1.165, 1.54) is 17.7 Å². The standard InChI is InChI=1S/C5H4N4S.ClH/c6-5-9-3-1-7-2-8-4(3)10-5;/h1-2H,(H2,6,9);1H. The predicted octanol–water partition coefficient (Wildman–Crippen LogP) is 1.09. The molecule has 0 spiro atoms. The van der Waals surface area contributed by atoms with Crippen molar-refractivity contribution in [1.29, 1.82) is 0 Å². The van der Waals surface area contributed by atoms with Crippen molar-refractivity contribution < 1.29 is 0 Å². The number of thiazole rings is 1. The van der Waals surface area contributed by atoms with Crippen LogP contribution < -0.4 is 5.73 Å². The quantitative estimate of drug-likeness (QED) is 0.672. The van der Waals surface area contributed by atoms with Crippen molar-refractivity contribution in [2.75, 3.05) is 5.73 Å². The van der Waals surface area contributed by atoms with Gasteiger partial charge in [0.15, 0.2) is 5.13 Å². The summed E-state index contributed by atoms with van der Waals surface area (Å²) in [7, 11) is 0. The van der Waals surface area contributed by atoms with Crippen LogP contribution in [0.15, 0.2) is 12.5 Å². The van der Waals surface area contributed by atoms with Gasteiger partial charge in [0.1, 0.15) is 16.7 Å². The Hall–Kier alpha value is -0.940. The van der Waals surface area contributed by atoms with Crippen LogP contribution in [0.25, 0.3) is 10.3 Å². The van der Waals surface area contributed by atoms with Crippen LogP contribution in [0.3, 0.4) is 0 Å². The molecule has 11 heavy (non-hydrogen) atoms. The topological polar surface area (TPSA) is 64.7 Å². The van der Waals surface area contributed by atoms with Gasteiger partial charge < -0.3 is 5.73 Å². The van der Waals surface area contributed by atoms with Crippen molar-refractivity contribution >= 4 is 39.2 Å². The molecule has 2 aromatic rings. The van der Waals surface area contributed by atoms with E-state index in [1.807, 2.05) is 0 Å². The summed E-state index contributed by atoms with van der Waals surface area (Å²) in [5.41, 5.74) is 6.20. The third kappa shape index (κ3) is 1.38. The Kier molecular flexibility index (Phi) is 2.21. The van der Waals surface area contributed by atoms with E-state index < -0.39 is 0 Å². The van der Waals surface area contributed by atoms with Crippen LogP contribution in [0, 0.1) is 0 Å². The van der Waals surface area contributed by atoms with Gasteiger partial charge in [-0.1, -0.05) is 11.3 Å². The number of hydrogen-bond donors (Lipinski definition) is 1. The van der Waals surface area contributed by atoms with Gasteiger partial charge in [0.25, 0.3) is 0 Å². The van der Waals surface area contributed by atoms with E-state index in [0.717, 1.165) is 10.3 Å². The Morgan fingerprint density at radius 2 is 2.27 bits per heavy atom. The smallest absolute Gasteiger partial charge is 0.182 e. The molecule has 2 rings (SSSR count). The largest absolute Gasteiger partial charge is 0.375 e. The SMILES string of the molecule is Cl.Nc1nc2cncnc2s1. The summed E-state index contributed by atoms with van der Waals surface area (Å²) >= 11 is 1.37. The van der Waals surface area contributed by atoms with E-state index in [2.05, 4.69) is 15.0 Å². The monoisotopic (exact) mass is 188 g/mol. The van der Waals surface area contributed by atoms with E-state index in [1.54, 1.807) is 6.20 Å². The minimum absolute atomic E-state index is 0. The van der Waals surface area contributed by atoms with Gasteiger partial charge in [0, 0.05) is 0 Å². The lowest BCUT2D eigenvalue weighted by molar-refractivity contribution is 1.22. The second kappa shape index (κ2) is 2.98. The van der Waals surface area contributed by atoms with E-state index in [9.17, 15) is 0 Å². The summed E-state index contributed by atoms with van der Waals surface area (Å²) in [5, 5.41) is 0.538. The number of nitrogens with two attached hydrogens (primary N) is 1. The van der Waals surface area contributed by atoms with Gasteiger partial charge in [-0.05, 0) is 0 Å². The maximum absolute atomic E-state index is 5.43. The van der Waals surface area contributed by atoms with Crippen molar-refractivity contribution in [3.05, 3.63) is 12.5 Å². The average Bonchev–Trinajstić information content (AvgIpc) is 2.27. The van der Waals surface area contributed by atoms with Crippen molar-refractivity contribution in [3.8, 4) is 0 Å². The fourth-order valence-corrected chi connectivity index (χ4v) is 1.35. The van der Waals surface area contributed by atoms with Gasteiger partial charge in [-0.25, -0.2) is 15.0 Å². The number of nitrogens with zero attached hydrogens (tertiary/aromatic N) is 3. The number of aromatic nitrogens is 3. The predicted molar refractivity (Wildman–Crippen MR) is 46.9 cm³/mol. The fourth-order valence-electron chi connectivity index (χ4n) is 0.707. The Morgan fingerprint density at radius 1 is 1.45 bits per heavy atom. The second-order valence-electron chi connectivity index (χ2n) is 1.77. The highest BCUT2D eigenvalue weighted by atomic mass is 35.5. The number of hydrogen-bond acceptors (Lipinski definition) is 5. The molecule has 0 saturated carbocycles. The number of fused-ring (bicyclic) bond motifs is 1. The van der Waals surface area contributed by atoms with Crippen LogP contribution in [-0.4, -0.2) is 15.0 Å². The third-order valence-electron chi connectivity index (χ3n) is 1.09. The average molecular weight is 189 g/mol. The first-order valence-corrected chi connectivity index (χ1v) is 3.50. The molecule has 0 atom stereocenters. The highest BCUT2D eigenvalue weighted by Crippen LogP contribution is 2.19. The molecule has 0 saturated heterocycles. The molecule has 0 amide bonds. The molecule has 0 radical (unpaired) electrons. The van der Waals surface area contributed by atoms with Crippen molar-refractivity contribution in [3.63, 3.8) is 0 Å². The molecule has 2 N–H and O–H groups in total. The summed E-state index contributed by atoms with van der Waals surface area (Å²) in [5.74, 6) is 0. The van der Waals surface area contributed by atoms with Crippen LogP contribution >= 0.6 is 23.7 Å². The molecule has 0 aliphatic rings. The normalized spacial score (nSPS) is 9.45. The lowest BCUT2D eigenvalue weighted by Crippen LogP contribution is -1.79. The Morgan fingerprint density at radius 3 is 3.00 bits per heavy atom. The summed E-state index contributed by atoms with van der Waals surface area (Å²) in [6.07, 6.45) is 3.13. The Labute approximate surface area is 72.9 Å². The van der Waals surface area contributed by atoms with Gasteiger partial charge in [-0.3, -0.25) is 0 Å². The summed E-state index contributed by atoms with van der Waals surface area (Å²) < 4.78 is 0. The molecule has 2 heterocycles. The number of nitrogen functional groups attached to an aromatic ring is 1. The van der Waals surface area contributed by atoms with E-state index >= 15 is 0 Å². The summed E-state index contributed by atoms with van der Waals surface area (Å²) in [6.45, 7) is 0. The van der Waals surface area contributed by atoms with E-state index in [4.69, 9.17) is 5.73 Å². The first-order valence-electron chi connectivity index (χ1n) is 2.68. The summed E-state index contributed by atoms with van der Waals surface area (Å²) in [4.78, 5) is 12.6. The zero-order valence-corrected chi connectivity index (χ0v) is 7.02. The van der Waals surface area contributed by atoms with Gasteiger partial charge in [0.05, 0.1) is 6.20 Å². The second-order valence-corrected chi connectivity index (χ2v) is 2.77. The van der Waals surface area contributed by atoms with Crippen LogP contribution in [0.4, 0.5) is 5.13 Å². The van der Waals surface area contributed by atoms with Crippen LogP contribution in [0.2, 0.25) is 0 Å². The number of halogens is 1. The van der Waals surface area contributed by atoms with E-state index in [0.29, 0.717) is 5.13 Å². The fraction of sp³-hybridized carbons (Fsp3) is 0. The molecule has 0 fully saturated rings. The van der Waals surface area contributed by atoms with Crippen LogP contribution in [0.5, 0.6) is 0 Å². The van der Waals surface area contributed by atoms with Gasteiger partial charge in [0.2, 0.25) is 0 Å². The van der Waals surface area contributed by atoms with Crippen molar-refractivity contribution in [1.82, 2.24) is 15.0 Å². The molecule has 0 unspecified atom stereocenters. The van der Waals surface area contributed by atoms with E-state index in [-0.39, 0.29) is 12.4 Å². The number of anilines is 1. The molecule has 4 nitrogen and oxygen atoms in total. The minimum Gasteiger partial charge on any atom is -0.375 e. The first kappa shape index (κ1) is 8.16. The van der Waals surface area contributed by atoms with Crippen LogP contribution in [0.1, 0.15) is 0 Å². The third-order valence-corrected chi connectivity index (χ3v) is 1.90. The lowest BCUT2D eigenvalue weighted by Gasteiger charge is -1.79. The maximum Gasteiger partial charge on any atom is 0.182 e. The summed E-state index contributed by atoms with van der Waals surface area (Å²) in [6, 6.07) is 0. The van der Waals surface area contributed by atoms with Gasteiger partial charge in [-0.15, -0.1) is 12.4 Å². The zero-order chi connectivity index (χ0) is 6.97. The van der Waals surface area contributed by atoms with Crippen LogP contribution in [-0.2, 0) is 0 Å². The molecule has 0 aliphatic heterocycles. The Balaban J connectivity index is 0.000000605. The first-order chi connectivity index (χ1) is 4.86. The number of rotatable bonds is 0. The van der Waals surface area contributed by atoms with Crippen molar-refractivity contribution in [2.24, 2.45) is 0 Å². The molecular formula is C5H5ClN4S.